The van der Waals surface area contributed by atoms with Gasteiger partial charge in [0.2, 0.25) is 0 Å². The second-order valence-corrected chi connectivity index (χ2v) is 7.97. The van der Waals surface area contributed by atoms with Crippen molar-refractivity contribution in [1.82, 2.24) is 0 Å². The molecule has 2 atom stereocenters. The molecule has 0 saturated heterocycles. The van der Waals surface area contributed by atoms with Crippen LogP contribution in [0.4, 0.5) is 18.9 Å². The molecule has 0 aromatic heterocycles. The van der Waals surface area contributed by atoms with E-state index in [4.69, 9.17) is 16.3 Å². The molecule has 1 amide bonds. The first-order valence-electron chi connectivity index (χ1n) is 9.74. The molecule has 2 unspecified atom stereocenters. The van der Waals surface area contributed by atoms with Gasteiger partial charge in [0.1, 0.15) is 0 Å². The molecule has 1 aliphatic heterocycles. The summed E-state index contributed by atoms with van der Waals surface area (Å²) in [4.78, 5) is 14.8. The van der Waals surface area contributed by atoms with Gasteiger partial charge in [-0.2, -0.15) is 13.2 Å². The highest BCUT2D eigenvalue weighted by molar-refractivity contribution is 6.31. The van der Waals surface area contributed by atoms with Crippen LogP contribution in [0.3, 0.4) is 0 Å². The zero-order chi connectivity index (χ0) is 23.1. The average molecular weight is 462 g/mol. The van der Waals surface area contributed by atoms with Crippen molar-refractivity contribution in [3.05, 3.63) is 100 Å². The second kappa shape index (κ2) is 8.24. The standard InChI is InChI=1S/C24H19ClF3NO3/c1-32-21-22(30)29(14-15-6-5-9-17(12-15)24(26,27)28)20-13-18(25)10-11-19(20)23(21,31)16-7-3-2-4-8-16/h2-13,21,31H,14H2,1H3. The van der Waals surface area contributed by atoms with Crippen LogP contribution in [0.2, 0.25) is 5.02 Å². The molecule has 0 radical (unpaired) electrons. The molecule has 1 aliphatic rings. The molecule has 1 N–H and O–H groups in total. The smallest absolute Gasteiger partial charge is 0.377 e. The summed E-state index contributed by atoms with van der Waals surface area (Å²) in [6.45, 7) is -0.152. The Morgan fingerprint density at radius 1 is 1.06 bits per heavy atom. The lowest BCUT2D eigenvalue weighted by Crippen LogP contribution is -2.57. The fraction of sp³-hybridized carbons (Fsp3) is 0.208. The van der Waals surface area contributed by atoms with Crippen molar-refractivity contribution >= 4 is 23.2 Å². The summed E-state index contributed by atoms with van der Waals surface area (Å²) in [7, 11) is 1.31. The first-order valence-corrected chi connectivity index (χ1v) is 10.1. The lowest BCUT2D eigenvalue weighted by atomic mass is 9.77. The van der Waals surface area contributed by atoms with E-state index >= 15 is 0 Å². The Hall–Kier alpha value is -2.87. The van der Waals surface area contributed by atoms with Gasteiger partial charge in [-0.3, -0.25) is 4.79 Å². The van der Waals surface area contributed by atoms with E-state index in [1.54, 1.807) is 42.5 Å². The number of hydrogen-bond donors (Lipinski definition) is 1. The normalized spacial score (nSPS) is 20.9. The highest BCUT2D eigenvalue weighted by atomic mass is 35.5. The first kappa shape index (κ1) is 22.3. The van der Waals surface area contributed by atoms with Crippen molar-refractivity contribution in [3.8, 4) is 0 Å². The molecule has 4 rings (SSSR count). The highest BCUT2D eigenvalue weighted by Crippen LogP contribution is 2.46. The molecule has 3 aromatic carbocycles. The Morgan fingerprint density at radius 2 is 1.78 bits per heavy atom. The zero-order valence-corrected chi connectivity index (χ0v) is 17.7. The van der Waals surface area contributed by atoms with E-state index in [0.717, 1.165) is 12.1 Å². The van der Waals surface area contributed by atoms with Gasteiger partial charge in [0.25, 0.3) is 5.91 Å². The Bertz CT molecular complexity index is 1150. The number of fused-ring (bicyclic) bond motifs is 1. The van der Waals surface area contributed by atoms with Crippen LogP contribution >= 0.6 is 11.6 Å². The molecule has 3 aromatic rings. The van der Waals surface area contributed by atoms with Gasteiger partial charge in [-0.15, -0.1) is 0 Å². The van der Waals surface area contributed by atoms with Gasteiger partial charge in [0.05, 0.1) is 17.8 Å². The van der Waals surface area contributed by atoms with Crippen LogP contribution in [0.25, 0.3) is 0 Å². The van der Waals surface area contributed by atoms with Gasteiger partial charge in [0.15, 0.2) is 11.7 Å². The lowest BCUT2D eigenvalue weighted by Gasteiger charge is -2.44. The van der Waals surface area contributed by atoms with E-state index in [-0.39, 0.29) is 12.1 Å². The number of halogens is 4. The van der Waals surface area contributed by atoms with Crippen molar-refractivity contribution in [2.24, 2.45) is 0 Å². The van der Waals surface area contributed by atoms with Crippen molar-refractivity contribution < 1.29 is 27.8 Å². The third-order valence-electron chi connectivity index (χ3n) is 5.58. The molecular formula is C24H19ClF3NO3. The van der Waals surface area contributed by atoms with Gasteiger partial charge in [-0.05, 0) is 35.4 Å². The molecule has 0 saturated carbocycles. The monoisotopic (exact) mass is 461 g/mol. The molecule has 1 heterocycles. The summed E-state index contributed by atoms with van der Waals surface area (Å²) in [6.07, 6.45) is -5.82. The average Bonchev–Trinajstić information content (AvgIpc) is 2.77. The SMILES string of the molecule is COC1C(=O)N(Cc2cccc(C(F)(F)F)c2)c2cc(Cl)ccc2C1(O)c1ccccc1. The minimum atomic E-state index is -4.51. The number of rotatable bonds is 4. The number of benzene rings is 3. The summed E-state index contributed by atoms with van der Waals surface area (Å²) in [6, 6.07) is 18.1. The minimum Gasteiger partial charge on any atom is -0.377 e. The van der Waals surface area contributed by atoms with Crippen LogP contribution in [0.1, 0.15) is 22.3 Å². The number of methoxy groups -OCH3 is 1. The Labute approximate surface area is 187 Å². The molecule has 0 spiro atoms. The number of ether oxygens (including phenoxy) is 1. The van der Waals surface area contributed by atoms with Crippen molar-refractivity contribution in [3.63, 3.8) is 0 Å². The number of anilines is 1. The van der Waals surface area contributed by atoms with Crippen LogP contribution in [0, 0.1) is 0 Å². The van der Waals surface area contributed by atoms with Crippen LogP contribution in [0.5, 0.6) is 0 Å². The van der Waals surface area contributed by atoms with Gasteiger partial charge in [-0.1, -0.05) is 60.1 Å². The van der Waals surface area contributed by atoms with Crippen LogP contribution in [-0.2, 0) is 27.9 Å². The maximum absolute atomic E-state index is 13.5. The maximum atomic E-state index is 13.5. The van der Waals surface area contributed by atoms with E-state index in [1.807, 2.05) is 0 Å². The van der Waals surface area contributed by atoms with E-state index in [2.05, 4.69) is 0 Å². The van der Waals surface area contributed by atoms with Crippen LogP contribution < -0.4 is 4.90 Å². The summed E-state index contributed by atoms with van der Waals surface area (Å²) in [5.41, 5.74) is -1.22. The predicted molar refractivity (Wildman–Crippen MR) is 114 cm³/mol. The van der Waals surface area contributed by atoms with E-state index in [0.29, 0.717) is 21.8 Å². The summed E-state index contributed by atoms with van der Waals surface area (Å²) in [5.74, 6) is -0.592. The van der Waals surface area contributed by atoms with Gasteiger partial charge in [-0.25, -0.2) is 0 Å². The lowest BCUT2D eigenvalue weighted by molar-refractivity contribution is -0.145. The Morgan fingerprint density at radius 3 is 2.44 bits per heavy atom. The third-order valence-corrected chi connectivity index (χ3v) is 5.81. The van der Waals surface area contributed by atoms with Crippen molar-refractivity contribution in [1.29, 1.82) is 0 Å². The zero-order valence-electron chi connectivity index (χ0n) is 16.9. The fourth-order valence-corrected chi connectivity index (χ4v) is 4.26. The number of carbonyl (C=O) groups is 1. The summed E-state index contributed by atoms with van der Waals surface area (Å²) < 4.78 is 45.0. The number of aliphatic hydroxyl groups is 1. The fourth-order valence-electron chi connectivity index (χ4n) is 4.09. The highest BCUT2D eigenvalue weighted by Gasteiger charge is 2.52. The largest absolute Gasteiger partial charge is 0.416 e. The van der Waals surface area contributed by atoms with Gasteiger partial charge >= 0.3 is 6.18 Å². The summed E-state index contributed by atoms with van der Waals surface area (Å²) in [5, 5.41) is 12.1. The minimum absolute atomic E-state index is 0.152. The third kappa shape index (κ3) is 3.77. The molecule has 32 heavy (non-hydrogen) atoms. The van der Waals surface area contributed by atoms with Crippen molar-refractivity contribution in [2.75, 3.05) is 12.0 Å². The predicted octanol–water partition coefficient (Wildman–Crippen LogP) is 5.16. The molecular weight excluding hydrogens is 443 g/mol. The number of alkyl halides is 3. The van der Waals surface area contributed by atoms with E-state index in [1.165, 1.54) is 30.2 Å². The molecule has 0 bridgehead atoms. The Balaban J connectivity index is 1.86. The first-order chi connectivity index (χ1) is 15.2. The Kier molecular flexibility index (Phi) is 5.75. The number of carbonyl (C=O) groups excluding carboxylic acids is 1. The van der Waals surface area contributed by atoms with Crippen LogP contribution in [-0.4, -0.2) is 24.2 Å². The van der Waals surface area contributed by atoms with Crippen LogP contribution in [0.15, 0.2) is 72.8 Å². The number of hydrogen-bond acceptors (Lipinski definition) is 3. The van der Waals surface area contributed by atoms with Gasteiger partial charge < -0.3 is 14.7 Å². The second-order valence-electron chi connectivity index (χ2n) is 7.53. The molecule has 166 valence electrons. The van der Waals surface area contributed by atoms with E-state index < -0.39 is 29.4 Å². The van der Waals surface area contributed by atoms with Gasteiger partial charge in [0, 0.05) is 17.7 Å². The molecule has 0 aliphatic carbocycles. The quantitative estimate of drug-likeness (QED) is 0.584. The molecule has 4 nitrogen and oxygen atoms in total. The summed E-state index contributed by atoms with van der Waals surface area (Å²) >= 11 is 6.19. The molecule has 8 heteroatoms. The topological polar surface area (TPSA) is 49.8 Å². The van der Waals surface area contributed by atoms with Crippen molar-refractivity contribution in [2.45, 2.75) is 24.4 Å². The van der Waals surface area contributed by atoms with E-state index in [9.17, 15) is 23.1 Å². The number of nitrogens with zero attached hydrogens (tertiary/aromatic N) is 1. The number of amides is 1. The molecule has 0 fully saturated rings. The maximum Gasteiger partial charge on any atom is 0.416 e.